The molecule has 1 aromatic heterocycles. The molecule has 3 nitrogen and oxygen atoms in total. The van der Waals surface area contributed by atoms with Crippen LogP contribution in [0.3, 0.4) is 0 Å². The Bertz CT molecular complexity index is 738. The molecule has 2 atom stereocenters. The largest absolute Gasteiger partial charge is 0.313 e. The molecular formula is C22H27N3. The van der Waals surface area contributed by atoms with Gasteiger partial charge in [-0.05, 0) is 53.9 Å². The fraction of sp³-hybridized carbons (Fsp3) is 0.500. The summed E-state index contributed by atoms with van der Waals surface area (Å²) in [6.07, 6.45) is 9.26. The Morgan fingerprint density at radius 1 is 1.12 bits per heavy atom. The topological polar surface area (TPSA) is 28.2 Å². The van der Waals surface area contributed by atoms with Crippen molar-refractivity contribution in [3.63, 3.8) is 0 Å². The summed E-state index contributed by atoms with van der Waals surface area (Å²) in [5.41, 5.74) is 4.97. The molecule has 0 radical (unpaired) electrons. The van der Waals surface area contributed by atoms with Crippen molar-refractivity contribution in [1.82, 2.24) is 15.2 Å². The van der Waals surface area contributed by atoms with E-state index >= 15 is 0 Å². The predicted molar refractivity (Wildman–Crippen MR) is 100 cm³/mol. The molecule has 0 spiro atoms. The monoisotopic (exact) mass is 333 g/mol. The number of aromatic nitrogens is 1. The average molecular weight is 333 g/mol. The third kappa shape index (κ3) is 3.36. The van der Waals surface area contributed by atoms with Gasteiger partial charge in [0.15, 0.2) is 0 Å². The number of pyridine rings is 1. The Labute approximate surface area is 150 Å². The molecule has 2 saturated carbocycles. The second kappa shape index (κ2) is 6.22. The quantitative estimate of drug-likeness (QED) is 0.878. The first kappa shape index (κ1) is 15.5. The van der Waals surface area contributed by atoms with Gasteiger partial charge in [0.05, 0.1) is 0 Å². The molecule has 1 N–H and O–H groups in total. The van der Waals surface area contributed by atoms with Crippen LogP contribution in [0.1, 0.15) is 41.9 Å². The third-order valence-electron chi connectivity index (χ3n) is 6.37. The second-order valence-corrected chi connectivity index (χ2v) is 8.35. The van der Waals surface area contributed by atoms with E-state index in [1.807, 2.05) is 6.20 Å². The van der Waals surface area contributed by atoms with Crippen molar-refractivity contribution < 1.29 is 0 Å². The lowest BCUT2D eigenvalue weighted by Gasteiger charge is -2.32. The normalized spacial score (nSPS) is 26.9. The fourth-order valence-electron chi connectivity index (χ4n) is 4.45. The van der Waals surface area contributed by atoms with Crippen LogP contribution >= 0.6 is 0 Å². The zero-order valence-electron chi connectivity index (χ0n) is 14.8. The number of rotatable bonds is 6. The molecule has 25 heavy (non-hydrogen) atoms. The first-order valence-corrected chi connectivity index (χ1v) is 9.74. The van der Waals surface area contributed by atoms with Gasteiger partial charge in [0.2, 0.25) is 0 Å². The second-order valence-electron chi connectivity index (χ2n) is 8.35. The lowest BCUT2D eigenvalue weighted by atomic mass is 9.99. The molecule has 1 aliphatic heterocycles. The maximum Gasteiger partial charge on any atom is 0.0315 e. The minimum absolute atomic E-state index is 0.531. The number of hydrogen-bond acceptors (Lipinski definition) is 3. The molecule has 0 amide bonds. The van der Waals surface area contributed by atoms with E-state index in [1.165, 1.54) is 62.0 Å². The van der Waals surface area contributed by atoms with Crippen LogP contribution in [0.4, 0.5) is 0 Å². The van der Waals surface area contributed by atoms with E-state index in [2.05, 4.69) is 57.8 Å². The number of nitrogens with zero attached hydrogens (tertiary/aromatic N) is 2. The van der Waals surface area contributed by atoms with Gasteiger partial charge in [-0.3, -0.25) is 9.88 Å². The molecular weight excluding hydrogens is 306 g/mol. The van der Waals surface area contributed by atoms with Crippen LogP contribution in [0.2, 0.25) is 0 Å². The van der Waals surface area contributed by atoms with E-state index in [-0.39, 0.29) is 0 Å². The van der Waals surface area contributed by atoms with Crippen molar-refractivity contribution in [1.29, 1.82) is 0 Å². The molecule has 5 rings (SSSR count). The van der Waals surface area contributed by atoms with E-state index < -0.39 is 0 Å². The van der Waals surface area contributed by atoms with E-state index in [0.29, 0.717) is 11.5 Å². The maximum atomic E-state index is 4.31. The van der Waals surface area contributed by atoms with Crippen molar-refractivity contribution in [2.45, 2.75) is 44.2 Å². The zero-order chi connectivity index (χ0) is 16.7. The van der Waals surface area contributed by atoms with Gasteiger partial charge in [-0.25, -0.2) is 0 Å². The molecule has 1 aromatic carbocycles. The molecule has 130 valence electrons. The Morgan fingerprint density at radius 3 is 2.84 bits per heavy atom. The maximum absolute atomic E-state index is 4.31. The Hall–Kier alpha value is -1.71. The SMILES string of the molecule is c1ccc(C2C[C@@H]2NCC2(CN3CCc4ccncc4C3)CC2)cc1. The molecule has 2 aliphatic carbocycles. The smallest absolute Gasteiger partial charge is 0.0315 e. The highest BCUT2D eigenvalue weighted by Gasteiger charge is 2.46. The Kier molecular flexibility index (Phi) is 3.87. The van der Waals surface area contributed by atoms with Gasteiger partial charge in [-0.15, -0.1) is 0 Å². The number of nitrogens with one attached hydrogen (secondary N) is 1. The minimum atomic E-state index is 0.531. The summed E-state index contributed by atoms with van der Waals surface area (Å²) in [5, 5.41) is 3.88. The van der Waals surface area contributed by atoms with Crippen LogP contribution in [-0.4, -0.2) is 35.6 Å². The third-order valence-corrected chi connectivity index (χ3v) is 6.37. The van der Waals surface area contributed by atoms with Gasteiger partial charge in [0, 0.05) is 50.5 Å². The van der Waals surface area contributed by atoms with Gasteiger partial charge in [-0.1, -0.05) is 30.3 Å². The van der Waals surface area contributed by atoms with Crippen LogP contribution in [0.25, 0.3) is 0 Å². The summed E-state index contributed by atoms with van der Waals surface area (Å²) in [6, 6.07) is 13.9. The average Bonchev–Trinajstić information content (AvgIpc) is 3.57. The van der Waals surface area contributed by atoms with Crippen LogP contribution in [0.15, 0.2) is 48.8 Å². The summed E-state index contributed by atoms with van der Waals surface area (Å²) < 4.78 is 0. The lowest BCUT2D eigenvalue weighted by molar-refractivity contribution is 0.199. The highest BCUT2D eigenvalue weighted by molar-refractivity contribution is 5.28. The van der Waals surface area contributed by atoms with E-state index in [0.717, 1.165) is 12.5 Å². The van der Waals surface area contributed by atoms with Crippen LogP contribution in [0, 0.1) is 5.41 Å². The first-order chi connectivity index (χ1) is 12.3. The van der Waals surface area contributed by atoms with Crippen molar-refractivity contribution in [2.24, 2.45) is 5.41 Å². The van der Waals surface area contributed by atoms with Crippen LogP contribution < -0.4 is 5.32 Å². The summed E-state index contributed by atoms with van der Waals surface area (Å²) in [4.78, 5) is 6.96. The summed E-state index contributed by atoms with van der Waals surface area (Å²) in [6.45, 7) is 4.73. The van der Waals surface area contributed by atoms with Crippen LogP contribution in [0.5, 0.6) is 0 Å². The fourth-order valence-corrected chi connectivity index (χ4v) is 4.45. The summed E-state index contributed by atoms with van der Waals surface area (Å²) >= 11 is 0. The molecule has 2 aromatic rings. The minimum Gasteiger partial charge on any atom is -0.313 e. The first-order valence-electron chi connectivity index (χ1n) is 9.74. The molecule has 0 bridgehead atoms. The number of fused-ring (bicyclic) bond motifs is 1. The highest BCUT2D eigenvalue weighted by atomic mass is 15.1. The summed E-state index contributed by atoms with van der Waals surface area (Å²) in [5.74, 6) is 0.741. The molecule has 3 aliphatic rings. The van der Waals surface area contributed by atoms with E-state index in [4.69, 9.17) is 0 Å². The molecule has 2 heterocycles. The van der Waals surface area contributed by atoms with Crippen LogP contribution in [-0.2, 0) is 13.0 Å². The van der Waals surface area contributed by atoms with E-state index in [9.17, 15) is 0 Å². The van der Waals surface area contributed by atoms with Gasteiger partial charge < -0.3 is 5.32 Å². The Balaban J connectivity index is 1.14. The van der Waals surface area contributed by atoms with Gasteiger partial charge in [0.1, 0.15) is 0 Å². The molecule has 1 unspecified atom stereocenters. The highest BCUT2D eigenvalue weighted by Crippen LogP contribution is 2.48. The molecule has 3 heteroatoms. The van der Waals surface area contributed by atoms with E-state index in [1.54, 1.807) is 0 Å². The standard InChI is InChI=1S/C22H27N3/c1-2-4-18(5-3-1)20-12-21(20)24-15-22(8-9-22)16-25-11-7-17-6-10-23-13-19(17)14-25/h1-6,10,13,20-21,24H,7-9,11-12,14-16H2/t20?,21-/m0/s1. The van der Waals surface area contributed by atoms with Gasteiger partial charge in [0.25, 0.3) is 0 Å². The zero-order valence-corrected chi connectivity index (χ0v) is 14.8. The van der Waals surface area contributed by atoms with Gasteiger partial charge >= 0.3 is 0 Å². The summed E-state index contributed by atoms with van der Waals surface area (Å²) in [7, 11) is 0. The number of benzene rings is 1. The van der Waals surface area contributed by atoms with Crippen molar-refractivity contribution >= 4 is 0 Å². The van der Waals surface area contributed by atoms with Crippen molar-refractivity contribution in [3.05, 3.63) is 65.5 Å². The predicted octanol–water partition coefficient (Wildman–Crippen LogP) is 3.37. The lowest BCUT2D eigenvalue weighted by Crippen LogP contribution is -2.39. The molecule has 2 fully saturated rings. The van der Waals surface area contributed by atoms with Crippen molar-refractivity contribution in [3.8, 4) is 0 Å². The number of hydrogen-bond donors (Lipinski definition) is 1. The molecule has 0 saturated heterocycles. The Morgan fingerprint density at radius 2 is 2.00 bits per heavy atom. The van der Waals surface area contributed by atoms with Gasteiger partial charge in [-0.2, -0.15) is 0 Å². The van der Waals surface area contributed by atoms with Crippen molar-refractivity contribution in [2.75, 3.05) is 19.6 Å².